The lowest BCUT2D eigenvalue weighted by Gasteiger charge is -2.17. The molecule has 1 aliphatic heterocycles. The third kappa shape index (κ3) is 2.74. The predicted octanol–water partition coefficient (Wildman–Crippen LogP) is 3.14. The Balaban J connectivity index is 1.75. The molecule has 2 aromatic rings. The summed E-state index contributed by atoms with van der Waals surface area (Å²) in [7, 11) is 0. The predicted molar refractivity (Wildman–Crippen MR) is 93.4 cm³/mol. The van der Waals surface area contributed by atoms with Gasteiger partial charge in [0.1, 0.15) is 17.2 Å². The van der Waals surface area contributed by atoms with Gasteiger partial charge >= 0.3 is 12.0 Å². The van der Waals surface area contributed by atoms with Crippen LogP contribution in [-0.4, -0.2) is 46.9 Å². The number of esters is 1. The minimum Gasteiger partial charge on any atom is -0.462 e. The van der Waals surface area contributed by atoms with Crippen LogP contribution in [0.1, 0.15) is 35.0 Å². The van der Waals surface area contributed by atoms with Gasteiger partial charge in [-0.2, -0.15) is 0 Å². The SMILES string of the molecule is CCOC(=O)c1sc2cccc(F)c2c1CN1C(=O)CN(C2CC2)C1=O. The molecule has 6 nitrogen and oxygen atoms in total. The molecule has 2 heterocycles. The smallest absolute Gasteiger partial charge is 0.348 e. The molecular weight excluding hydrogens is 359 g/mol. The molecule has 1 saturated carbocycles. The Morgan fingerprint density at radius 1 is 1.35 bits per heavy atom. The van der Waals surface area contributed by atoms with Crippen molar-refractivity contribution in [2.24, 2.45) is 0 Å². The summed E-state index contributed by atoms with van der Waals surface area (Å²) in [6.45, 7) is 1.79. The van der Waals surface area contributed by atoms with Gasteiger partial charge in [0.15, 0.2) is 0 Å². The minimum atomic E-state index is -0.568. The van der Waals surface area contributed by atoms with Gasteiger partial charge in [-0.1, -0.05) is 6.07 Å². The number of carbonyl (C=O) groups is 3. The molecule has 1 aliphatic carbocycles. The van der Waals surface area contributed by atoms with Gasteiger partial charge in [0, 0.05) is 21.7 Å². The second-order valence-electron chi connectivity index (χ2n) is 6.36. The van der Waals surface area contributed by atoms with E-state index in [-0.39, 0.29) is 47.9 Å². The van der Waals surface area contributed by atoms with E-state index in [1.807, 2.05) is 0 Å². The van der Waals surface area contributed by atoms with Crippen molar-refractivity contribution in [1.82, 2.24) is 9.80 Å². The normalized spacial score (nSPS) is 17.5. The number of imide groups is 1. The number of benzene rings is 1. The standard InChI is InChI=1S/C18H17FN2O4S/c1-2-25-17(23)16-11(15-12(19)4-3-5-13(15)26-16)8-21-14(22)9-20(18(21)24)10-6-7-10/h3-5,10H,2,6-9H2,1H3. The Morgan fingerprint density at radius 3 is 2.81 bits per heavy atom. The van der Waals surface area contributed by atoms with Crippen LogP contribution in [0.4, 0.5) is 9.18 Å². The quantitative estimate of drug-likeness (QED) is 0.594. The van der Waals surface area contributed by atoms with E-state index < -0.39 is 11.8 Å². The number of urea groups is 1. The number of rotatable bonds is 5. The zero-order valence-electron chi connectivity index (χ0n) is 14.2. The van der Waals surface area contributed by atoms with Gasteiger partial charge in [0.25, 0.3) is 5.91 Å². The minimum absolute atomic E-state index is 0.0444. The van der Waals surface area contributed by atoms with Gasteiger partial charge in [0.05, 0.1) is 13.2 Å². The number of nitrogens with zero attached hydrogens (tertiary/aromatic N) is 2. The molecule has 2 fully saturated rings. The zero-order valence-corrected chi connectivity index (χ0v) is 15.0. The fourth-order valence-electron chi connectivity index (χ4n) is 3.23. The summed E-state index contributed by atoms with van der Waals surface area (Å²) >= 11 is 1.11. The molecule has 0 N–H and O–H groups in total. The van der Waals surface area contributed by atoms with Crippen LogP contribution in [-0.2, 0) is 16.1 Å². The van der Waals surface area contributed by atoms with E-state index in [2.05, 4.69) is 0 Å². The van der Waals surface area contributed by atoms with Crippen LogP contribution in [0.2, 0.25) is 0 Å². The summed E-state index contributed by atoms with van der Waals surface area (Å²) in [5.41, 5.74) is 0.334. The Labute approximate surface area is 153 Å². The number of ether oxygens (including phenoxy) is 1. The lowest BCUT2D eigenvalue weighted by Crippen LogP contribution is -2.34. The second-order valence-corrected chi connectivity index (χ2v) is 7.42. The van der Waals surface area contributed by atoms with Gasteiger partial charge in [-0.25, -0.2) is 14.0 Å². The summed E-state index contributed by atoms with van der Waals surface area (Å²) in [5.74, 6) is -1.38. The Hall–Kier alpha value is -2.48. The molecule has 1 aromatic carbocycles. The highest BCUT2D eigenvalue weighted by atomic mass is 32.1. The number of fused-ring (bicyclic) bond motifs is 1. The van der Waals surface area contributed by atoms with Crippen molar-refractivity contribution in [3.8, 4) is 0 Å². The van der Waals surface area contributed by atoms with Crippen molar-refractivity contribution < 1.29 is 23.5 Å². The zero-order chi connectivity index (χ0) is 18.4. The number of halogens is 1. The van der Waals surface area contributed by atoms with Crippen molar-refractivity contribution in [3.05, 3.63) is 34.5 Å². The molecule has 26 heavy (non-hydrogen) atoms. The van der Waals surface area contributed by atoms with E-state index in [1.54, 1.807) is 24.0 Å². The van der Waals surface area contributed by atoms with Crippen LogP contribution in [0.5, 0.6) is 0 Å². The number of amides is 3. The summed E-state index contributed by atoms with van der Waals surface area (Å²) in [4.78, 5) is 40.1. The third-order valence-corrected chi connectivity index (χ3v) is 5.79. The first-order valence-electron chi connectivity index (χ1n) is 8.49. The molecule has 8 heteroatoms. The van der Waals surface area contributed by atoms with Crippen LogP contribution < -0.4 is 0 Å². The van der Waals surface area contributed by atoms with E-state index in [0.717, 1.165) is 29.1 Å². The average molecular weight is 376 g/mol. The number of hydrogen-bond acceptors (Lipinski definition) is 5. The van der Waals surface area contributed by atoms with E-state index >= 15 is 0 Å². The lowest BCUT2D eigenvalue weighted by molar-refractivity contribution is -0.125. The van der Waals surface area contributed by atoms with Crippen LogP contribution in [0.15, 0.2) is 18.2 Å². The maximum absolute atomic E-state index is 14.4. The fourth-order valence-corrected chi connectivity index (χ4v) is 4.35. The molecule has 0 atom stereocenters. The van der Waals surface area contributed by atoms with Gasteiger partial charge in [0.2, 0.25) is 0 Å². The molecule has 2 aliphatic rings. The highest BCUT2D eigenvalue weighted by Gasteiger charge is 2.44. The fraction of sp³-hybridized carbons (Fsp3) is 0.389. The molecule has 0 spiro atoms. The first-order valence-corrected chi connectivity index (χ1v) is 9.31. The highest BCUT2D eigenvalue weighted by Crippen LogP contribution is 2.36. The first kappa shape index (κ1) is 17.0. The van der Waals surface area contributed by atoms with Crippen molar-refractivity contribution in [3.63, 3.8) is 0 Å². The molecule has 3 amide bonds. The summed E-state index contributed by atoms with van der Waals surface area (Å²) in [6, 6.07) is 4.32. The van der Waals surface area contributed by atoms with Crippen molar-refractivity contribution in [2.45, 2.75) is 32.4 Å². The maximum atomic E-state index is 14.4. The summed E-state index contributed by atoms with van der Waals surface area (Å²) < 4.78 is 20.1. The molecule has 0 radical (unpaired) electrons. The van der Waals surface area contributed by atoms with E-state index in [0.29, 0.717) is 10.3 Å². The van der Waals surface area contributed by atoms with Crippen molar-refractivity contribution in [2.75, 3.05) is 13.2 Å². The number of thiophene rings is 1. The molecule has 1 saturated heterocycles. The molecule has 136 valence electrons. The van der Waals surface area contributed by atoms with Crippen LogP contribution in [0.3, 0.4) is 0 Å². The Bertz CT molecular complexity index is 921. The Morgan fingerprint density at radius 2 is 2.12 bits per heavy atom. The lowest BCUT2D eigenvalue weighted by atomic mass is 10.1. The largest absolute Gasteiger partial charge is 0.462 e. The first-order chi connectivity index (χ1) is 12.5. The van der Waals surface area contributed by atoms with Crippen molar-refractivity contribution >= 4 is 39.3 Å². The van der Waals surface area contributed by atoms with Crippen molar-refractivity contribution in [1.29, 1.82) is 0 Å². The maximum Gasteiger partial charge on any atom is 0.348 e. The number of hydrogen-bond donors (Lipinski definition) is 0. The van der Waals surface area contributed by atoms with Crippen LogP contribution in [0, 0.1) is 5.82 Å². The van der Waals surface area contributed by atoms with Crippen LogP contribution >= 0.6 is 11.3 Å². The van der Waals surface area contributed by atoms with E-state index in [4.69, 9.17) is 4.74 Å². The Kier molecular flexibility index (Phi) is 4.14. The summed E-state index contributed by atoms with van der Waals surface area (Å²) in [5, 5.41) is 0.269. The van der Waals surface area contributed by atoms with Gasteiger partial charge < -0.3 is 9.64 Å². The molecule has 1 aromatic heterocycles. The molecule has 0 bridgehead atoms. The molecule has 4 rings (SSSR count). The second kappa shape index (κ2) is 6.35. The third-order valence-electron chi connectivity index (χ3n) is 4.61. The van der Waals surface area contributed by atoms with Gasteiger partial charge in [-0.15, -0.1) is 11.3 Å². The molecule has 0 unspecified atom stereocenters. The average Bonchev–Trinajstić information content (AvgIpc) is 3.32. The summed E-state index contributed by atoms with van der Waals surface area (Å²) in [6.07, 6.45) is 1.80. The monoisotopic (exact) mass is 376 g/mol. The van der Waals surface area contributed by atoms with E-state index in [1.165, 1.54) is 6.07 Å². The van der Waals surface area contributed by atoms with Gasteiger partial charge in [-0.05, 0) is 31.9 Å². The highest BCUT2D eigenvalue weighted by molar-refractivity contribution is 7.21. The van der Waals surface area contributed by atoms with E-state index in [9.17, 15) is 18.8 Å². The van der Waals surface area contributed by atoms with Crippen LogP contribution in [0.25, 0.3) is 10.1 Å². The number of carbonyl (C=O) groups excluding carboxylic acids is 3. The topological polar surface area (TPSA) is 66.9 Å². The van der Waals surface area contributed by atoms with Gasteiger partial charge in [-0.3, -0.25) is 9.69 Å². The molecular formula is C18H17FN2O4S.